The number of anilines is 1. The van der Waals surface area contributed by atoms with E-state index in [1.54, 1.807) is 7.11 Å². The zero-order chi connectivity index (χ0) is 19.5. The van der Waals surface area contributed by atoms with Gasteiger partial charge in [0, 0.05) is 17.8 Å². The molecule has 4 rings (SSSR count). The molecule has 6 heteroatoms. The largest absolute Gasteiger partial charge is 0.496 e. The standard InChI is InChI=1S/C22H24N4O2/c1-28-20-11-10-15-6-2-5-9-17(15)19(20)13-26(16-7-3-4-8-16)22(27)18-12-24-14-25-21(18)23/h2,5-6,9-12,14,16H,3-4,7-8,13H2,1H3,(H2,23,24,25). The molecule has 6 nitrogen and oxygen atoms in total. The van der Waals surface area contributed by atoms with Crippen molar-refractivity contribution in [2.24, 2.45) is 0 Å². The smallest absolute Gasteiger partial charge is 0.259 e. The highest BCUT2D eigenvalue weighted by Gasteiger charge is 2.30. The maximum Gasteiger partial charge on any atom is 0.259 e. The minimum atomic E-state index is -0.125. The van der Waals surface area contributed by atoms with Gasteiger partial charge in [-0.3, -0.25) is 4.79 Å². The second kappa shape index (κ2) is 7.84. The molecule has 1 heterocycles. The van der Waals surface area contributed by atoms with Crippen molar-refractivity contribution < 1.29 is 9.53 Å². The lowest BCUT2D eigenvalue weighted by atomic mass is 10.0. The number of carbonyl (C=O) groups is 1. The number of benzene rings is 2. The van der Waals surface area contributed by atoms with Gasteiger partial charge in [0.2, 0.25) is 0 Å². The zero-order valence-corrected chi connectivity index (χ0v) is 16.0. The first-order valence-electron chi connectivity index (χ1n) is 9.60. The molecule has 2 aromatic carbocycles. The normalized spacial score (nSPS) is 14.3. The van der Waals surface area contributed by atoms with E-state index in [2.05, 4.69) is 22.1 Å². The fourth-order valence-electron chi connectivity index (χ4n) is 4.08. The molecule has 0 unspecified atom stereocenters. The highest BCUT2D eigenvalue weighted by Crippen LogP contribution is 2.33. The first-order valence-corrected chi connectivity index (χ1v) is 9.60. The van der Waals surface area contributed by atoms with Crippen LogP contribution in [-0.2, 0) is 6.54 Å². The lowest BCUT2D eigenvalue weighted by Crippen LogP contribution is -2.39. The van der Waals surface area contributed by atoms with Crippen LogP contribution in [0.3, 0.4) is 0 Å². The molecule has 2 N–H and O–H groups in total. The Kier molecular flexibility index (Phi) is 5.10. The van der Waals surface area contributed by atoms with Gasteiger partial charge in [0.15, 0.2) is 0 Å². The number of ether oxygens (including phenoxy) is 1. The van der Waals surface area contributed by atoms with Crippen LogP contribution in [0.1, 0.15) is 41.6 Å². The second-order valence-electron chi connectivity index (χ2n) is 7.16. The van der Waals surface area contributed by atoms with Crippen LogP contribution in [-0.4, -0.2) is 33.9 Å². The van der Waals surface area contributed by atoms with Crippen LogP contribution >= 0.6 is 0 Å². The summed E-state index contributed by atoms with van der Waals surface area (Å²) in [6.07, 6.45) is 7.11. The molecule has 28 heavy (non-hydrogen) atoms. The number of nitrogen functional groups attached to an aromatic ring is 1. The maximum absolute atomic E-state index is 13.4. The summed E-state index contributed by atoms with van der Waals surface area (Å²) in [6, 6.07) is 12.4. The number of hydrogen-bond donors (Lipinski definition) is 1. The van der Waals surface area contributed by atoms with E-state index in [1.807, 2.05) is 29.2 Å². The first kappa shape index (κ1) is 18.2. The van der Waals surface area contributed by atoms with E-state index in [0.717, 1.165) is 47.8 Å². The molecule has 1 aliphatic rings. The predicted molar refractivity (Wildman–Crippen MR) is 109 cm³/mol. The Bertz CT molecular complexity index is 999. The third kappa shape index (κ3) is 3.38. The van der Waals surface area contributed by atoms with Crippen molar-refractivity contribution in [3.63, 3.8) is 0 Å². The lowest BCUT2D eigenvalue weighted by molar-refractivity contribution is 0.0664. The summed E-state index contributed by atoms with van der Waals surface area (Å²) in [5, 5.41) is 2.22. The van der Waals surface area contributed by atoms with Gasteiger partial charge in [0.05, 0.1) is 13.7 Å². The van der Waals surface area contributed by atoms with E-state index in [9.17, 15) is 4.79 Å². The van der Waals surface area contributed by atoms with Crippen LogP contribution in [0.2, 0.25) is 0 Å². The number of aromatic nitrogens is 2. The van der Waals surface area contributed by atoms with Gasteiger partial charge in [0.25, 0.3) is 5.91 Å². The molecule has 1 fully saturated rings. The van der Waals surface area contributed by atoms with Gasteiger partial charge in [-0.05, 0) is 29.7 Å². The number of hydrogen-bond acceptors (Lipinski definition) is 5. The number of nitrogens with two attached hydrogens (primary N) is 1. The van der Waals surface area contributed by atoms with Crippen molar-refractivity contribution in [2.75, 3.05) is 12.8 Å². The molecular formula is C22H24N4O2. The lowest BCUT2D eigenvalue weighted by Gasteiger charge is -2.30. The molecule has 0 spiro atoms. The van der Waals surface area contributed by atoms with Crippen LogP contribution < -0.4 is 10.5 Å². The van der Waals surface area contributed by atoms with E-state index < -0.39 is 0 Å². The Morgan fingerprint density at radius 3 is 2.75 bits per heavy atom. The van der Waals surface area contributed by atoms with Gasteiger partial charge in [-0.1, -0.05) is 43.2 Å². The van der Waals surface area contributed by atoms with Gasteiger partial charge in [0.1, 0.15) is 23.5 Å². The third-order valence-corrected chi connectivity index (χ3v) is 5.55. The molecule has 1 aromatic heterocycles. The van der Waals surface area contributed by atoms with E-state index in [-0.39, 0.29) is 17.8 Å². The number of rotatable bonds is 5. The van der Waals surface area contributed by atoms with E-state index >= 15 is 0 Å². The number of fused-ring (bicyclic) bond motifs is 1. The van der Waals surface area contributed by atoms with Gasteiger partial charge in [-0.25, -0.2) is 9.97 Å². The first-order chi connectivity index (χ1) is 13.7. The van der Waals surface area contributed by atoms with Crippen molar-refractivity contribution in [3.8, 4) is 5.75 Å². The summed E-state index contributed by atoms with van der Waals surface area (Å²) in [4.78, 5) is 23.3. The molecule has 0 radical (unpaired) electrons. The molecule has 3 aromatic rings. The van der Waals surface area contributed by atoms with Crippen molar-refractivity contribution in [1.29, 1.82) is 0 Å². The summed E-state index contributed by atoms with van der Waals surface area (Å²) in [5.41, 5.74) is 7.34. The van der Waals surface area contributed by atoms with Crippen LogP contribution in [0.4, 0.5) is 5.82 Å². The van der Waals surface area contributed by atoms with Crippen molar-refractivity contribution in [2.45, 2.75) is 38.3 Å². The highest BCUT2D eigenvalue weighted by atomic mass is 16.5. The molecule has 144 valence electrons. The number of methoxy groups -OCH3 is 1. The number of amides is 1. The minimum Gasteiger partial charge on any atom is -0.496 e. The Morgan fingerprint density at radius 2 is 2.00 bits per heavy atom. The minimum absolute atomic E-state index is 0.125. The highest BCUT2D eigenvalue weighted by molar-refractivity contribution is 5.98. The average Bonchev–Trinajstić information content (AvgIpc) is 3.26. The van der Waals surface area contributed by atoms with E-state index in [0.29, 0.717) is 12.1 Å². The van der Waals surface area contributed by atoms with E-state index in [1.165, 1.54) is 12.5 Å². The third-order valence-electron chi connectivity index (χ3n) is 5.55. The summed E-state index contributed by atoms with van der Waals surface area (Å²) in [6.45, 7) is 0.461. The monoisotopic (exact) mass is 376 g/mol. The van der Waals surface area contributed by atoms with Crippen LogP contribution in [0, 0.1) is 0 Å². The summed E-state index contributed by atoms with van der Waals surface area (Å²) >= 11 is 0. The Morgan fingerprint density at radius 1 is 1.21 bits per heavy atom. The fourth-order valence-corrected chi connectivity index (χ4v) is 4.08. The molecule has 1 aliphatic carbocycles. The van der Waals surface area contributed by atoms with Gasteiger partial charge < -0.3 is 15.4 Å². The zero-order valence-electron chi connectivity index (χ0n) is 16.0. The van der Waals surface area contributed by atoms with Gasteiger partial charge in [-0.15, -0.1) is 0 Å². The summed E-state index contributed by atoms with van der Waals surface area (Å²) < 4.78 is 5.64. The van der Waals surface area contributed by atoms with Crippen LogP contribution in [0.25, 0.3) is 10.8 Å². The van der Waals surface area contributed by atoms with E-state index in [4.69, 9.17) is 10.5 Å². The van der Waals surface area contributed by atoms with Crippen molar-refractivity contribution in [3.05, 3.63) is 60.0 Å². The average molecular weight is 376 g/mol. The molecular weight excluding hydrogens is 352 g/mol. The van der Waals surface area contributed by atoms with Crippen molar-refractivity contribution >= 4 is 22.5 Å². The Balaban J connectivity index is 1.78. The predicted octanol–water partition coefficient (Wildman–Crippen LogP) is 3.81. The molecule has 1 saturated carbocycles. The molecule has 0 aliphatic heterocycles. The SMILES string of the molecule is COc1ccc2ccccc2c1CN(C(=O)c1cncnc1N)C1CCCC1. The second-order valence-corrected chi connectivity index (χ2v) is 7.16. The quantitative estimate of drug-likeness (QED) is 0.732. The van der Waals surface area contributed by atoms with Crippen molar-refractivity contribution in [1.82, 2.24) is 14.9 Å². The van der Waals surface area contributed by atoms with Gasteiger partial charge >= 0.3 is 0 Å². The summed E-state index contributed by atoms with van der Waals surface area (Å²) in [5.74, 6) is 0.875. The maximum atomic E-state index is 13.4. The molecule has 0 bridgehead atoms. The van der Waals surface area contributed by atoms with Gasteiger partial charge in [-0.2, -0.15) is 0 Å². The Hall–Kier alpha value is -3.15. The number of nitrogens with zero attached hydrogens (tertiary/aromatic N) is 3. The fraction of sp³-hybridized carbons (Fsp3) is 0.318. The molecule has 0 atom stereocenters. The molecule has 0 saturated heterocycles. The van der Waals surface area contributed by atoms with Crippen LogP contribution in [0.5, 0.6) is 5.75 Å². The Labute approximate surface area is 164 Å². The number of carbonyl (C=O) groups excluding carboxylic acids is 1. The molecule has 1 amide bonds. The topological polar surface area (TPSA) is 81.3 Å². The van der Waals surface area contributed by atoms with Crippen LogP contribution in [0.15, 0.2) is 48.9 Å². The summed E-state index contributed by atoms with van der Waals surface area (Å²) in [7, 11) is 1.67.